The van der Waals surface area contributed by atoms with Gasteiger partial charge in [-0.05, 0) is 36.4 Å². The molecule has 0 aliphatic carbocycles. The number of nitrogens with zero attached hydrogens (tertiary/aromatic N) is 3. The fraction of sp³-hybridized carbons (Fsp3) is 0. The second-order valence-electron chi connectivity index (χ2n) is 5.91. The predicted octanol–water partition coefficient (Wildman–Crippen LogP) is 4.01. The maximum atomic E-state index is 11.1. The van der Waals surface area contributed by atoms with Gasteiger partial charge in [0.05, 0.1) is 16.8 Å². The first-order chi connectivity index (χ1) is 13.1. The van der Waals surface area contributed by atoms with E-state index in [1.54, 1.807) is 41.1 Å². The zero-order valence-electron chi connectivity index (χ0n) is 14.1. The number of rotatable bonds is 4. The van der Waals surface area contributed by atoms with E-state index in [0.29, 0.717) is 22.9 Å². The lowest BCUT2D eigenvalue weighted by atomic mass is 10.2. The van der Waals surface area contributed by atoms with E-state index in [1.165, 1.54) is 12.1 Å². The van der Waals surface area contributed by atoms with Crippen LogP contribution in [0.3, 0.4) is 0 Å². The van der Waals surface area contributed by atoms with Crippen molar-refractivity contribution in [1.29, 1.82) is 0 Å². The molecule has 3 aromatic carbocycles. The zero-order valence-corrected chi connectivity index (χ0v) is 14.1. The van der Waals surface area contributed by atoms with Crippen LogP contribution < -0.4 is 0 Å². The summed E-state index contributed by atoms with van der Waals surface area (Å²) in [6.07, 6.45) is 0. The molecule has 0 atom stereocenters. The molecule has 6 heteroatoms. The minimum atomic E-state index is -0.988. The summed E-state index contributed by atoms with van der Waals surface area (Å²) in [5.74, 6) is 0.0833. The van der Waals surface area contributed by atoms with Gasteiger partial charge < -0.3 is 10.2 Å². The van der Waals surface area contributed by atoms with Gasteiger partial charge >= 0.3 is 5.97 Å². The third-order valence-corrected chi connectivity index (χ3v) is 4.14. The highest BCUT2D eigenvalue weighted by Crippen LogP contribution is 2.30. The highest BCUT2D eigenvalue weighted by atomic mass is 16.4. The van der Waals surface area contributed by atoms with Crippen LogP contribution >= 0.6 is 0 Å². The fourth-order valence-corrected chi connectivity index (χ4v) is 2.79. The number of para-hydroxylation sites is 1. The lowest BCUT2D eigenvalue weighted by molar-refractivity contribution is 0.0697. The van der Waals surface area contributed by atoms with Gasteiger partial charge in [-0.15, -0.1) is 5.10 Å². The summed E-state index contributed by atoms with van der Waals surface area (Å²) in [5, 5.41) is 23.8. The Labute approximate surface area is 155 Å². The normalized spacial score (nSPS) is 10.7. The van der Waals surface area contributed by atoms with Crippen molar-refractivity contribution in [3.63, 3.8) is 0 Å². The number of aromatic hydroxyl groups is 1. The van der Waals surface area contributed by atoms with Crippen molar-refractivity contribution in [3.05, 3.63) is 84.4 Å². The molecule has 0 amide bonds. The molecule has 4 rings (SSSR count). The Morgan fingerprint density at radius 1 is 0.852 bits per heavy atom. The smallest absolute Gasteiger partial charge is 0.335 e. The molecule has 0 saturated carbocycles. The number of benzene rings is 3. The van der Waals surface area contributed by atoms with Crippen molar-refractivity contribution in [2.45, 2.75) is 0 Å². The van der Waals surface area contributed by atoms with Crippen LogP contribution in [-0.4, -0.2) is 30.9 Å². The van der Waals surface area contributed by atoms with Gasteiger partial charge in [-0.2, -0.15) is 0 Å². The Hall–Kier alpha value is -3.93. The monoisotopic (exact) mass is 357 g/mol. The predicted molar refractivity (Wildman–Crippen MR) is 101 cm³/mol. The molecule has 0 spiro atoms. The lowest BCUT2D eigenvalue weighted by Gasteiger charge is -2.06. The summed E-state index contributed by atoms with van der Waals surface area (Å²) in [6, 6.07) is 22.8. The highest BCUT2D eigenvalue weighted by Gasteiger charge is 2.17. The van der Waals surface area contributed by atoms with Crippen LogP contribution in [0.5, 0.6) is 5.75 Å². The quantitative estimate of drug-likeness (QED) is 0.576. The minimum Gasteiger partial charge on any atom is -0.507 e. The maximum Gasteiger partial charge on any atom is 0.335 e. The van der Waals surface area contributed by atoms with Gasteiger partial charge in [0.1, 0.15) is 5.75 Å². The number of phenolic OH excluding ortho intramolecular Hbond substituents is 1. The van der Waals surface area contributed by atoms with Crippen molar-refractivity contribution in [2.75, 3.05) is 0 Å². The zero-order chi connectivity index (χ0) is 18.8. The van der Waals surface area contributed by atoms with E-state index in [4.69, 9.17) is 5.11 Å². The van der Waals surface area contributed by atoms with E-state index in [2.05, 4.69) is 10.1 Å². The van der Waals surface area contributed by atoms with Gasteiger partial charge in [-0.25, -0.2) is 14.5 Å². The number of phenols is 1. The summed E-state index contributed by atoms with van der Waals surface area (Å²) < 4.78 is 1.64. The molecule has 0 aliphatic heterocycles. The Morgan fingerprint density at radius 2 is 1.52 bits per heavy atom. The summed E-state index contributed by atoms with van der Waals surface area (Å²) >= 11 is 0. The molecule has 27 heavy (non-hydrogen) atoms. The number of carboxylic acid groups (broad SMARTS) is 1. The molecule has 0 aliphatic rings. The highest BCUT2D eigenvalue weighted by molar-refractivity contribution is 5.87. The topological polar surface area (TPSA) is 88.2 Å². The van der Waals surface area contributed by atoms with Gasteiger partial charge in [0.2, 0.25) is 0 Å². The number of carboxylic acids is 1. The van der Waals surface area contributed by atoms with E-state index < -0.39 is 5.97 Å². The summed E-state index contributed by atoms with van der Waals surface area (Å²) in [5.41, 5.74) is 2.25. The lowest BCUT2D eigenvalue weighted by Crippen LogP contribution is -2.01. The second kappa shape index (κ2) is 6.76. The average molecular weight is 357 g/mol. The second-order valence-corrected chi connectivity index (χ2v) is 5.91. The first kappa shape index (κ1) is 16.5. The van der Waals surface area contributed by atoms with Crippen molar-refractivity contribution in [3.8, 4) is 34.2 Å². The molecule has 0 bridgehead atoms. The minimum absolute atomic E-state index is 0.0930. The Bertz CT molecular complexity index is 1100. The molecule has 0 radical (unpaired) electrons. The SMILES string of the molecule is O=C(O)c1ccc(-n2nc(-c3ccccc3O)nc2-c2ccccc2)cc1. The molecular formula is C21H15N3O3. The number of hydrogen-bond donors (Lipinski definition) is 2. The Balaban J connectivity index is 1.89. The van der Waals surface area contributed by atoms with E-state index >= 15 is 0 Å². The van der Waals surface area contributed by atoms with Gasteiger partial charge in [-0.1, -0.05) is 42.5 Å². The molecule has 4 aromatic rings. The first-order valence-corrected chi connectivity index (χ1v) is 8.28. The standard InChI is InChI=1S/C21H15N3O3/c25-18-9-5-4-8-17(18)19-22-20(14-6-2-1-3-7-14)24(23-19)16-12-10-15(11-13-16)21(26)27/h1-13,25H,(H,26,27). The summed E-state index contributed by atoms with van der Waals surface area (Å²) in [6.45, 7) is 0. The first-order valence-electron chi connectivity index (χ1n) is 8.28. The molecule has 2 N–H and O–H groups in total. The maximum absolute atomic E-state index is 11.1. The largest absolute Gasteiger partial charge is 0.507 e. The Morgan fingerprint density at radius 3 is 2.19 bits per heavy atom. The van der Waals surface area contributed by atoms with Crippen LogP contribution in [0.25, 0.3) is 28.5 Å². The Kier molecular flexibility index (Phi) is 4.14. The van der Waals surface area contributed by atoms with Crippen LogP contribution in [0.2, 0.25) is 0 Å². The van der Waals surface area contributed by atoms with Crippen LogP contribution in [-0.2, 0) is 0 Å². The summed E-state index contributed by atoms with van der Waals surface area (Å²) in [4.78, 5) is 15.7. The number of aromatic carboxylic acids is 1. The molecule has 6 nitrogen and oxygen atoms in total. The average Bonchev–Trinajstić information content (AvgIpc) is 3.14. The van der Waals surface area contributed by atoms with Gasteiger partial charge in [0.15, 0.2) is 11.6 Å². The van der Waals surface area contributed by atoms with Crippen molar-refractivity contribution in [2.24, 2.45) is 0 Å². The third-order valence-electron chi connectivity index (χ3n) is 4.14. The van der Waals surface area contributed by atoms with E-state index in [1.807, 2.05) is 30.3 Å². The van der Waals surface area contributed by atoms with Gasteiger partial charge in [0, 0.05) is 5.56 Å². The number of aromatic nitrogens is 3. The van der Waals surface area contributed by atoms with Crippen LogP contribution in [0.1, 0.15) is 10.4 Å². The summed E-state index contributed by atoms with van der Waals surface area (Å²) in [7, 11) is 0. The van der Waals surface area contributed by atoms with Gasteiger partial charge in [0.25, 0.3) is 0 Å². The molecule has 1 aromatic heterocycles. The molecule has 1 heterocycles. The molecule has 0 fully saturated rings. The van der Waals surface area contributed by atoms with E-state index in [9.17, 15) is 9.90 Å². The molecule has 0 unspecified atom stereocenters. The fourth-order valence-electron chi connectivity index (χ4n) is 2.79. The number of carbonyl (C=O) groups is 1. The van der Waals surface area contributed by atoms with Gasteiger partial charge in [-0.3, -0.25) is 0 Å². The van der Waals surface area contributed by atoms with E-state index in [0.717, 1.165) is 5.56 Å². The van der Waals surface area contributed by atoms with Crippen LogP contribution in [0.15, 0.2) is 78.9 Å². The van der Waals surface area contributed by atoms with Crippen molar-refractivity contribution in [1.82, 2.24) is 14.8 Å². The van der Waals surface area contributed by atoms with E-state index in [-0.39, 0.29) is 11.3 Å². The van der Waals surface area contributed by atoms with Crippen LogP contribution in [0.4, 0.5) is 0 Å². The number of hydrogen-bond acceptors (Lipinski definition) is 4. The molecule has 132 valence electrons. The van der Waals surface area contributed by atoms with Crippen molar-refractivity contribution >= 4 is 5.97 Å². The van der Waals surface area contributed by atoms with Crippen molar-refractivity contribution < 1.29 is 15.0 Å². The molecular weight excluding hydrogens is 342 g/mol. The third kappa shape index (κ3) is 3.16. The molecule has 0 saturated heterocycles. The van der Waals surface area contributed by atoms with Crippen LogP contribution in [0, 0.1) is 0 Å².